The second-order valence-electron chi connectivity index (χ2n) is 14.8. The molecule has 7 nitrogen and oxygen atoms in total. The van der Waals surface area contributed by atoms with Crippen molar-refractivity contribution in [2.24, 2.45) is 5.73 Å². The van der Waals surface area contributed by atoms with Crippen LogP contribution in [0.15, 0.2) is 36.5 Å². The number of amides is 1. The van der Waals surface area contributed by atoms with Gasteiger partial charge in [-0.3, -0.25) is 9.59 Å². The number of nitrogens with two attached hydrogens (primary N) is 1. The number of allylic oxidation sites excluding steroid dienone is 6. The van der Waals surface area contributed by atoms with Crippen LogP contribution in [0.2, 0.25) is 0 Å². The van der Waals surface area contributed by atoms with E-state index >= 15 is 0 Å². The van der Waals surface area contributed by atoms with E-state index in [0.717, 1.165) is 83.5 Å². The molecular weight excluding hydrogens is 649 g/mol. The van der Waals surface area contributed by atoms with E-state index in [-0.39, 0.29) is 18.0 Å². The molecule has 0 rings (SSSR count). The smallest absolute Gasteiger partial charge is 0.326 e. The van der Waals surface area contributed by atoms with Gasteiger partial charge in [-0.2, -0.15) is 0 Å². The predicted octanol–water partition coefficient (Wildman–Crippen LogP) is 12.2. The van der Waals surface area contributed by atoms with Crippen molar-refractivity contribution in [2.75, 3.05) is 6.54 Å². The molecular formula is C45H82N2O5. The van der Waals surface area contributed by atoms with Gasteiger partial charge in [-0.25, -0.2) is 4.79 Å². The van der Waals surface area contributed by atoms with Crippen LogP contribution in [-0.4, -0.2) is 41.6 Å². The maximum atomic E-state index is 12.7. The Balaban J connectivity index is 4.16. The lowest BCUT2D eigenvalue weighted by atomic mass is 10.0. The molecule has 302 valence electrons. The molecule has 0 fully saturated rings. The zero-order valence-electron chi connectivity index (χ0n) is 33.9. The molecule has 7 heteroatoms. The van der Waals surface area contributed by atoms with Crippen LogP contribution in [-0.2, 0) is 19.1 Å². The van der Waals surface area contributed by atoms with Gasteiger partial charge in [0.05, 0.1) is 0 Å². The van der Waals surface area contributed by atoms with Gasteiger partial charge in [0.1, 0.15) is 12.1 Å². The highest BCUT2D eigenvalue weighted by Gasteiger charge is 2.19. The van der Waals surface area contributed by atoms with E-state index in [1.807, 2.05) is 0 Å². The Bertz CT molecular complexity index is 915. The fourth-order valence-electron chi connectivity index (χ4n) is 6.40. The number of nitrogens with one attached hydrogen (secondary N) is 1. The molecule has 2 unspecified atom stereocenters. The van der Waals surface area contributed by atoms with Gasteiger partial charge in [0.15, 0.2) is 0 Å². The number of rotatable bonds is 39. The lowest BCUT2D eigenvalue weighted by molar-refractivity contribution is -0.150. The third kappa shape index (κ3) is 36.0. The standard InChI is InChI=1S/C45H82N2O5/c1-3-5-7-9-11-12-13-14-15-16-17-18-19-20-21-22-24-29-33-39-44(49)52-41(35-30-26-23-10-8-6-4-2)36-31-27-25-28-32-38-43(48)47-42(45(50)51)37-34-40-46/h11-12,14-15,17-18,41-42H,3-10,13,16,19-40,46H2,1-2H3,(H,47,48)(H,50,51)/b12-11-,15-14-,18-17-. The van der Waals surface area contributed by atoms with Crippen LogP contribution < -0.4 is 11.1 Å². The highest BCUT2D eigenvalue weighted by molar-refractivity contribution is 5.83. The summed E-state index contributed by atoms with van der Waals surface area (Å²) in [5.74, 6) is -1.24. The van der Waals surface area contributed by atoms with E-state index in [0.29, 0.717) is 32.2 Å². The van der Waals surface area contributed by atoms with Gasteiger partial charge in [-0.1, -0.05) is 147 Å². The third-order valence-corrected chi connectivity index (χ3v) is 9.71. The Hall–Kier alpha value is -2.41. The molecule has 0 saturated carbocycles. The summed E-state index contributed by atoms with van der Waals surface area (Å²) in [7, 11) is 0. The van der Waals surface area contributed by atoms with Crippen LogP contribution in [0.5, 0.6) is 0 Å². The SMILES string of the molecule is CCCCC/C=C\C/C=C\C/C=C\CCCCCCCCC(=O)OC(CCCCCCCCC)CCCCCCCC(=O)NC(CCCN)C(=O)O. The van der Waals surface area contributed by atoms with E-state index in [9.17, 15) is 19.5 Å². The van der Waals surface area contributed by atoms with Gasteiger partial charge >= 0.3 is 11.9 Å². The van der Waals surface area contributed by atoms with Crippen molar-refractivity contribution >= 4 is 17.8 Å². The molecule has 2 atom stereocenters. The molecule has 0 aromatic rings. The average molecular weight is 731 g/mol. The lowest BCUT2D eigenvalue weighted by Crippen LogP contribution is -2.40. The van der Waals surface area contributed by atoms with Crippen molar-refractivity contribution in [3.8, 4) is 0 Å². The van der Waals surface area contributed by atoms with Crippen molar-refractivity contribution in [3.63, 3.8) is 0 Å². The number of carboxylic acid groups (broad SMARTS) is 1. The Morgan fingerprint density at radius 2 is 1.00 bits per heavy atom. The first-order valence-corrected chi connectivity index (χ1v) is 21.8. The van der Waals surface area contributed by atoms with Gasteiger partial charge in [0, 0.05) is 12.8 Å². The van der Waals surface area contributed by atoms with E-state index in [1.54, 1.807) is 0 Å². The number of aliphatic carboxylic acids is 1. The number of carboxylic acids is 1. The molecule has 1 amide bonds. The van der Waals surface area contributed by atoms with Gasteiger partial charge in [0.25, 0.3) is 0 Å². The van der Waals surface area contributed by atoms with E-state index in [4.69, 9.17) is 10.5 Å². The van der Waals surface area contributed by atoms with E-state index in [1.165, 1.54) is 89.9 Å². The summed E-state index contributed by atoms with van der Waals surface area (Å²) in [6, 6.07) is -0.856. The first-order valence-electron chi connectivity index (χ1n) is 21.8. The van der Waals surface area contributed by atoms with Crippen LogP contribution >= 0.6 is 0 Å². The molecule has 0 aliphatic carbocycles. The number of carbonyl (C=O) groups excluding carboxylic acids is 2. The van der Waals surface area contributed by atoms with E-state index in [2.05, 4.69) is 55.6 Å². The third-order valence-electron chi connectivity index (χ3n) is 9.71. The molecule has 0 aromatic carbocycles. The zero-order valence-corrected chi connectivity index (χ0v) is 33.9. The molecule has 0 spiro atoms. The maximum absolute atomic E-state index is 12.7. The van der Waals surface area contributed by atoms with Gasteiger partial charge < -0.3 is 20.9 Å². The summed E-state index contributed by atoms with van der Waals surface area (Å²) in [5.41, 5.74) is 5.48. The Kier molecular flexibility index (Phi) is 37.9. The number of unbranched alkanes of at least 4 members (excludes halogenated alkanes) is 19. The molecule has 4 N–H and O–H groups in total. The fraction of sp³-hybridized carbons (Fsp3) is 0.800. The summed E-state index contributed by atoms with van der Waals surface area (Å²) in [6.45, 7) is 4.90. The lowest BCUT2D eigenvalue weighted by Gasteiger charge is -2.18. The average Bonchev–Trinajstić information content (AvgIpc) is 3.13. The topological polar surface area (TPSA) is 119 Å². The van der Waals surface area contributed by atoms with E-state index < -0.39 is 12.0 Å². The number of esters is 1. The molecule has 0 radical (unpaired) electrons. The van der Waals surface area contributed by atoms with Crippen LogP contribution in [0.25, 0.3) is 0 Å². The Labute approximate surface area is 320 Å². The number of ether oxygens (including phenoxy) is 1. The maximum Gasteiger partial charge on any atom is 0.326 e. The largest absolute Gasteiger partial charge is 0.480 e. The first-order chi connectivity index (χ1) is 25.4. The molecule has 0 aliphatic rings. The summed E-state index contributed by atoms with van der Waals surface area (Å²) in [6.07, 6.45) is 46.2. The molecule has 0 aliphatic heterocycles. The summed E-state index contributed by atoms with van der Waals surface area (Å²) >= 11 is 0. The van der Waals surface area contributed by atoms with Crippen LogP contribution in [0.3, 0.4) is 0 Å². The van der Waals surface area contributed by atoms with Crippen molar-refractivity contribution < 1.29 is 24.2 Å². The van der Waals surface area contributed by atoms with Gasteiger partial charge in [-0.15, -0.1) is 0 Å². The fourth-order valence-corrected chi connectivity index (χ4v) is 6.40. The number of carbonyl (C=O) groups is 3. The summed E-state index contributed by atoms with van der Waals surface area (Å²) < 4.78 is 6.01. The Morgan fingerprint density at radius 1 is 0.558 bits per heavy atom. The second-order valence-corrected chi connectivity index (χ2v) is 14.8. The summed E-state index contributed by atoms with van der Waals surface area (Å²) in [4.78, 5) is 36.3. The van der Waals surface area contributed by atoms with Crippen molar-refractivity contribution in [2.45, 2.75) is 225 Å². The van der Waals surface area contributed by atoms with Crippen molar-refractivity contribution in [3.05, 3.63) is 36.5 Å². The van der Waals surface area contributed by atoms with Crippen LogP contribution in [0, 0.1) is 0 Å². The minimum absolute atomic E-state index is 0.0103. The molecule has 0 saturated heterocycles. The van der Waals surface area contributed by atoms with Gasteiger partial charge in [-0.05, 0) is 96.4 Å². The quantitative estimate of drug-likeness (QED) is 0.0329. The highest BCUT2D eigenvalue weighted by atomic mass is 16.5. The monoisotopic (exact) mass is 731 g/mol. The van der Waals surface area contributed by atoms with Gasteiger partial charge in [0.2, 0.25) is 5.91 Å². The number of hydrogen-bond donors (Lipinski definition) is 3. The molecule has 0 aromatic heterocycles. The highest BCUT2D eigenvalue weighted by Crippen LogP contribution is 2.19. The molecule has 52 heavy (non-hydrogen) atoms. The van der Waals surface area contributed by atoms with Crippen molar-refractivity contribution in [1.29, 1.82) is 0 Å². The Morgan fingerprint density at radius 3 is 1.54 bits per heavy atom. The van der Waals surface area contributed by atoms with Crippen LogP contribution in [0.4, 0.5) is 0 Å². The van der Waals surface area contributed by atoms with Crippen molar-refractivity contribution in [1.82, 2.24) is 5.32 Å². The first kappa shape index (κ1) is 49.6. The number of hydrogen-bond acceptors (Lipinski definition) is 5. The predicted molar refractivity (Wildman–Crippen MR) is 220 cm³/mol. The summed E-state index contributed by atoms with van der Waals surface area (Å²) in [5, 5.41) is 11.9. The minimum Gasteiger partial charge on any atom is -0.480 e. The minimum atomic E-state index is -1.01. The van der Waals surface area contributed by atoms with Crippen LogP contribution in [0.1, 0.15) is 213 Å². The zero-order chi connectivity index (χ0) is 38.2. The molecule has 0 heterocycles. The normalized spacial score (nSPS) is 13.0. The second kappa shape index (κ2) is 39.8. The molecule has 0 bridgehead atoms.